The number of methoxy groups -OCH3 is 1. The third kappa shape index (κ3) is 4.27. The number of ether oxygens (including phenoxy) is 1. The Labute approximate surface area is 170 Å². The van der Waals surface area contributed by atoms with Crippen molar-refractivity contribution in [1.29, 1.82) is 0 Å². The van der Waals surface area contributed by atoms with Crippen molar-refractivity contribution in [2.45, 2.75) is 0 Å². The van der Waals surface area contributed by atoms with Crippen LogP contribution in [0.5, 0.6) is 5.75 Å². The fourth-order valence-electron chi connectivity index (χ4n) is 2.52. The number of nitrogens with zero attached hydrogens (tertiary/aromatic N) is 1. The van der Waals surface area contributed by atoms with Gasteiger partial charge in [-0.3, -0.25) is 9.59 Å². The summed E-state index contributed by atoms with van der Waals surface area (Å²) in [4.78, 5) is 37.6. The number of halogens is 2. The Kier molecular flexibility index (Phi) is 5.87. The van der Waals surface area contributed by atoms with E-state index < -0.39 is 24.4 Å². The topological polar surface area (TPSA) is 87.7 Å². The van der Waals surface area contributed by atoms with Crippen LogP contribution in [0.4, 0.5) is 10.5 Å². The molecule has 7 nitrogen and oxygen atoms in total. The Morgan fingerprint density at radius 3 is 2.57 bits per heavy atom. The minimum atomic E-state index is -0.695. The van der Waals surface area contributed by atoms with Gasteiger partial charge in [-0.05, 0) is 42.0 Å². The summed E-state index contributed by atoms with van der Waals surface area (Å²) in [6, 6.07) is 10.9. The van der Waals surface area contributed by atoms with Crippen molar-refractivity contribution in [2.75, 3.05) is 19.0 Å². The number of imide groups is 1. The van der Waals surface area contributed by atoms with Gasteiger partial charge >= 0.3 is 6.03 Å². The maximum Gasteiger partial charge on any atom is 0.329 e. The van der Waals surface area contributed by atoms with Crippen LogP contribution in [0.25, 0.3) is 6.08 Å². The predicted molar refractivity (Wildman–Crippen MR) is 106 cm³/mol. The highest BCUT2D eigenvalue weighted by atomic mass is 35.5. The molecule has 1 aliphatic rings. The molecule has 0 radical (unpaired) electrons. The van der Waals surface area contributed by atoms with Gasteiger partial charge in [0.1, 0.15) is 18.0 Å². The molecular weight excluding hydrogens is 405 g/mol. The average molecular weight is 420 g/mol. The van der Waals surface area contributed by atoms with Gasteiger partial charge in [-0.1, -0.05) is 35.3 Å². The van der Waals surface area contributed by atoms with Crippen LogP contribution < -0.4 is 15.4 Å². The van der Waals surface area contributed by atoms with E-state index in [-0.39, 0.29) is 10.7 Å². The first kappa shape index (κ1) is 19.7. The number of urea groups is 1. The maximum atomic E-state index is 12.5. The molecule has 9 heteroatoms. The van der Waals surface area contributed by atoms with Crippen LogP contribution in [-0.2, 0) is 9.59 Å². The minimum absolute atomic E-state index is 0.00594. The second-order valence-electron chi connectivity index (χ2n) is 5.80. The normalized spacial score (nSPS) is 15.0. The Hall–Kier alpha value is -3.03. The molecule has 2 N–H and O–H groups in total. The summed E-state index contributed by atoms with van der Waals surface area (Å²) >= 11 is 12.1. The van der Waals surface area contributed by atoms with Crippen molar-refractivity contribution in [2.24, 2.45) is 0 Å². The van der Waals surface area contributed by atoms with Gasteiger partial charge in [0.15, 0.2) is 0 Å². The molecule has 1 fully saturated rings. The first-order valence-electron chi connectivity index (χ1n) is 8.11. The number of hydrogen-bond acceptors (Lipinski definition) is 4. The van der Waals surface area contributed by atoms with Gasteiger partial charge in [0.2, 0.25) is 5.91 Å². The van der Waals surface area contributed by atoms with Crippen LogP contribution in [0.2, 0.25) is 10.0 Å². The van der Waals surface area contributed by atoms with E-state index in [9.17, 15) is 14.4 Å². The van der Waals surface area contributed by atoms with E-state index >= 15 is 0 Å². The van der Waals surface area contributed by atoms with Gasteiger partial charge in [-0.15, -0.1) is 0 Å². The molecule has 0 atom stereocenters. The van der Waals surface area contributed by atoms with Crippen molar-refractivity contribution >= 4 is 52.8 Å². The van der Waals surface area contributed by atoms with E-state index in [1.54, 1.807) is 42.5 Å². The molecule has 0 bridgehead atoms. The molecular formula is C19H15Cl2N3O4. The molecule has 0 unspecified atom stereocenters. The Bertz CT molecular complexity index is 974. The first-order valence-corrected chi connectivity index (χ1v) is 8.87. The summed E-state index contributed by atoms with van der Waals surface area (Å²) in [6.07, 6.45) is 1.41. The number of nitrogens with one attached hydrogen (secondary N) is 2. The lowest BCUT2D eigenvalue weighted by atomic mass is 10.2. The summed E-state index contributed by atoms with van der Waals surface area (Å²) in [6.45, 7) is -0.433. The van der Waals surface area contributed by atoms with E-state index in [0.29, 0.717) is 22.0 Å². The quantitative estimate of drug-likeness (QED) is 0.572. The predicted octanol–water partition coefficient (Wildman–Crippen LogP) is 3.53. The fraction of sp³-hybridized carbons (Fsp3) is 0.105. The molecule has 0 spiro atoms. The minimum Gasteiger partial charge on any atom is -0.497 e. The van der Waals surface area contributed by atoms with Gasteiger partial charge in [-0.2, -0.15) is 0 Å². The molecule has 0 aromatic heterocycles. The standard InChI is InChI=1S/C19H15Cl2N3O4/c1-28-13-7-5-12(6-8-13)22-16(25)10-24-18(26)15(23-19(24)27)9-11-3-2-4-14(20)17(11)21/h2-9H,10H2,1H3,(H,22,25)(H,23,27)/b15-9-. The molecule has 2 aromatic carbocycles. The van der Waals surface area contributed by atoms with E-state index in [1.165, 1.54) is 13.2 Å². The van der Waals surface area contributed by atoms with Crippen LogP contribution in [0.15, 0.2) is 48.2 Å². The van der Waals surface area contributed by atoms with Crippen molar-refractivity contribution in [3.05, 3.63) is 63.8 Å². The third-order valence-electron chi connectivity index (χ3n) is 3.92. The summed E-state index contributed by atoms with van der Waals surface area (Å²) < 4.78 is 5.04. The summed E-state index contributed by atoms with van der Waals surface area (Å²) in [5, 5.41) is 5.63. The number of carbonyl (C=O) groups excluding carboxylic acids is 3. The molecule has 1 aliphatic heterocycles. The number of carbonyl (C=O) groups is 3. The van der Waals surface area contributed by atoms with E-state index in [2.05, 4.69) is 10.6 Å². The molecule has 28 heavy (non-hydrogen) atoms. The lowest BCUT2D eigenvalue weighted by Gasteiger charge is -2.12. The summed E-state index contributed by atoms with van der Waals surface area (Å²) in [7, 11) is 1.53. The molecule has 144 valence electrons. The fourth-order valence-corrected chi connectivity index (χ4v) is 2.88. The Balaban J connectivity index is 1.70. The number of rotatable bonds is 5. The van der Waals surface area contributed by atoms with Crippen LogP contribution in [-0.4, -0.2) is 36.4 Å². The third-order valence-corrected chi connectivity index (χ3v) is 4.75. The van der Waals surface area contributed by atoms with E-state index in [4.69, 9.17) is 27.9 Å². The van der Waals surface area contributed by atoms with Crippen molar-refractivity contribution in [1.82, 2.24) is 10.2 Å². The zero-order valence-electron chi connectivity index (χ0n) is 14.7. The van der Waals surface area contributed by atoms with Gasteiger partial charge in [0.05, 0.1) is 17.2 Å². The van der Waals surface area contributed by atoms with E-state index in [1.807, 2.05) is 0 Å². The molecule has 2 aromatic rings. The van der Waals surface area contributed by atoms with Gasteiger partial charge < -0.3 is 15.4 Å². The number of benzene rings is 2. The molecule has 0 saturated carbocycles. The second-order valence-corrected chi connectivity index (χ2v) is 6.58. The molecule has 0 aliphatic carbocycles. The van der Waals surface area contributed by atoms with Crippen molar-refractivity contribution in [3.8, 4) is 5.75 Å². The zero-order chi connectivity index (χ0) is 20.3. The molecule has 3 rings (SSSR count). The van der Waals surface area contributed by atoms with Gasteiger partial charge in [0, 0.05) is 5.69 Å². The lowest BCUT2D eigenvalue weighted by molar-refractivity contribution is -0.127. The molecule has 1 heterocycles. The van der Waals surface area contributed by atoms with Crippen molar-refractivity contribution < 1.29 is 19.1 Å². The smallest absolute Gasteiger partial charge is 0.329 e. The van der Waals surface area contributed by atoms with Crippen LogP contribution >= 0.6 is 23.2 Å². The number of hydrogen-bond donors (Lipinski definition) is 2. The molecule has 1 saturated heterocycles. The highest BCUT2D eigenvalue weighted by molar-refractivity contribution is 6.43. The van der Waals surface area contributed by atoms with Crippen LogP contribution in [0, 0.1) is 0 Å². The monoisotopic (exact) mass is 419 g/mol. The second kappa shape index (κ2) is 8.33. The Morgan fingerprint density at radius 1 is 1.18 bits per heavy atom. The maximum absolute atomic E-state index is 12.5. The van der Waals surface area contributed by atoms with Gasteiger partial charge in [-0.25, -0.2) is 9.69 Å². The van der Waals surface area contributed by atoms with E-state index in [0.717, 1.165) is 4.90 Å². The van der Waals surface area contributed by atoms with Crippen molar-refractivity contribution in [3.63, 3.8) is 0 Å². The molecule has 4 amide bonds. The number of amides is 4. The highest BCUT2D eigenvalue weighted by Gasteiger charge is 2.35. The summed E-state index contributed by atoms with van der Waals surface area (Å²) in [5.74, 6) is -0.511. The first-order chi connectivity index (χ1) is 13.4. The lowest BCUT2D eigenvalue weighted by Crippen LogP contribution is -2.38. The van der Waals surface area contributed by atoms with Crippen LogP contribution in [0.3, 0.4) is 0 Å². The van der Waals surface area contributed by atoms with Gasteiger partial charge in [0.25, 0.3) is 5.91 Å². The summed E-state index contributed by atoms with van der Waals surface area (Å²) in [5.41, 5.74) is 0.994. The van der Waals surface area contributed by atoms with Crippen LogP contribution in [0.1, 0.15) is 5.56 Å². The largest absolute Gasteiger partial charge is 0.497 e. The SMILES string of the molecule is COc1ccc(NC(=O)CN2C(=O)N/C(=C\c3cccc(Cl)c3Cl)C2=O)cc1. The number of anilines is 1. The Morgan fingerprint density at radius 2 is 1.89 bits per heavy atom. The highest BCUT2D eigenvalue weighted by Crippen LogP contribution is 2.27. The average Bonchev–Trinajstić information content (AvgIpc) is 2.93. The zero-order valence-corrected chi connectivity index (χ0v) is 16.2.